The molecule has 8 heteroatoms. The predicted octanol–water partition coefficient (Wildman–Crippen LogP) is 1.37. The lowest BCUT2D eigenvalue weighted by Crippen LogP contribution is -2.52. The molecule has 1 saturated carbocycles. The van der Waals surface area contributed by atoms with Gasteiger partial charge in [0.05, 0.1) is 6.20 Å². The molecule has 0 spiro atoms. The third kappa shape index (κ3) is 3.66. The highest BCUT2D eigenvalue weighted by atomic mass is 32.2. The van der Waals surface area contributed by atoms with Gasteiger partial charge in [0.15, 0.2) is 5.03 Å². The molecule has 1 aromatic rings. The molecule has 0 atom stereocenters. The molecule has 1 aromatic heterocycles. The lowest BCUT2D eigenvalue weighted by atomic mass is 9.86. The van der Waals surface area contributed by atoms with Crippen LogP contribution in [-0.4, -0.2) is 66.7 Å². The van der Waals surface area contributed by atoms with Crippen LogP contribution >= 0.6 is 0 Å². The van der Waals surface area contributed by atoms with E-state index in [4.69, 9.17) is 4.74 Å². The molecule has 0 bridgehead atoms. The third-order valence-corrected chi connectivity index (χ3v) is 7.23. The Morgan fingerprint density at radius 2 is 1.83 bits per heavy atom. The monoisotopic (exact) mass is 356 g/mol. The van der Waals surface area contributed by atoms with Gasteiger partial charge in [-0.3, -0.25) is 4.90 Å². The SMILES string of the molecule is COCn1nccc1S(=O)(=O)N1CCN(C2CCC(C)CC2)CC1. The average Bonchev–Trinajstić information content (AvgIpc) is 3.05. The summed E-state index contributed by atoms with van der Waals surface area (Å²) < 4.78 is 33.7. The summed E-state index contributed by atoms with van der Waals surface area (Å²) in [5.41, 5.74) is 0. The van der Waals surface area contributed by atoms with E-state index < -0.39 is 10.0 Å². The number of ether oxygens (including phenoxy) is 1. The van der Waals surface area contributed by atoms with Gasteiger partial charge < -0.3 is 4.74 Å². The van der Waals surface area contributed by atoms with Crippen molar-refractivity contribution < 1.29 is 13.2 Å². The van der Waals surface area contributed by atoms with Crippen molar-refractivity contribution >= 4 is 10.0 Å². The molecule has 0 N–H and O–H groups in total. The van der Waals surface area contributed by atoms with Gasteiger partial charge in [0.1, 0.15) is 6.73 Å². The van der Waals surface area contributed by atoms with Gasteiger partial charge >= 0.3 is 0 Å². The number of methoxy groups -OCH3 is 1. The second kappa shape index (κ2) is 7.51. The smallest absolute Gasteiger partial charge is 0.260 e. The van der Waals surface area contributed by atoms with E-state index in [9.17, 15) is 8.42 Å². The highest BCUT2D eigenvalue weighted by Crippen LogP contribution is 2.28. The van der Waals surface area contributed by atoms with Crippen LogP contribution in [-0.2, 0) is 21.5 Å². The number of hydrogen-bond donors (Lipinski definition) is 0. The van der Waals surface area contributed by atoms with Crippen LogP contribution in [0.25, 0.3) is 0 Å². The van der Waals surface area contributed by atoms with Crippen LogP contribution in [0.5, 0.6) is 0 Å². The lowest BCUT2D eigenvalue weighted by Gasteiger charge is -2.41. The van der Waals surface area contributed by atoms with Gasteiger partial charge in [-0.1, -0.05) is 6.92 Å². The first-order valence-corrected chi connectivity index (χ1v) is 10.2. The fourth-order valence-electron chi connectivity index (χ4n) is 3.81. The van der Waals surface area contributed by atoms with Gasteiger partial charge in [-0.2, -0.15) is 9.40 Å². The van der Waals surface area contributed by atoms with Gasteiger partial charge in [-0.25, -0.2) is 13.1 Å². The van der Waals surface area contributed by atoms with Gasteiger partial charge in [0.2, 0.25) is 0 Å². The van der Waals surface area contributed by atoms with E-state index in [0.29, 0.717) is 19.1 Å². The lowest BCUT2D eigenvalue weighted by molar-refractivity contribution is 0.0987. The molecular weight excluding hydrogens is 328 g/mol. The molecule has 3 rings (SSSR count). The van der Waals surface area contributed by atoms with Crippen molar-refractivity contribution in [2.75, 3.05) is 33.3 Å². The first-order chi connectivity index (χ1) is 11.5. The Bertz CT molecular complexity index is 630. The molecule has 1 aliphatic heterocycles. The Morgan fingerprint density at radius 1 is 1.17 bits per heavy atom. The number of piperazine rings is 1. The fourth-order valence-corrected chi connectivity index (χ4v) is 5.32. The zero-order chi connectivity index (χ0) is 17.2. The van der Waals surface area contributed by atoms with Crippen molar-refractivity contribution in [2.24, 2.45) is 5.92 Å². The van der Waals surface area contributed by atoms with Crippen molar-refractivity contribution in [2.45, 2.75) is 50.4 Å². The maximum atomic E-state index is 12.9. The van der Waals surface area contributed by atoms with E-state index in [2.05, 4.69) is 16.9 Å². The van der Waals surface area contributed by atoms with E-state index in [1.165, 1.54) is 43.7 Å². The van der Waals surface area contributed by atoms with Crippen molar-refractivity contribution in [3.8, 4) is 0 Å². The van der Waals surface area contributed by atoms with E-state index >= 15 is 0 Å². The van der Waals surface area contributed by atoms with E-state index in [-0.39, 0.29) is 11.8 Å². The number of rotatable bonds is 5. The molecule has 24 heavy (non-hydrogen) atoms. The van der Waals surface area contributed by atoms with Gasteiger partial charge in [0.25, 0.3) is 10.0 Å². The van der Waals surface area contributed by atoms with E-state index in [1.807, 2.05) is 0 Å². The molecule has 0 amide bonds. The summed E-state index contributed by atoms with van der Waals surface area (Å²) in [6.45, 7) is 5.19. The molecule has 1 aliphatic carbocycles. The van der Waals surface area contributed by atoms with Crippen LogP contribution in [0.2, 0.25) is 0 Å². The highest BCUT2D eigenvalue weighted by molar-refractivity contribution is 7.89. The quantitative estimate of drug-likeness (QED) is 0.797. The number of nitrogens with zero attached hydrogens (tertiary/aromatic N) is 4. The predicted molar refractivity (Wildman–Crippen MR) is 91.0 cm³/mol. The molecule has 2 heterocycles. The Balaban J connectivity index is 1.62. The average molecular weight is 356 g/mol. The molecule has 0 aromatic carbocycles. The Labute approximate surface area is 144 Å². The fraction of sp³-hybridized carbons (Fsp3) is 0.812. The second-order valence-corrected chi connectivity index (χ2v) is 8.83. The van der Waals surface area contributed by atoms with Crippen LogP contribution < -0.4 is 0 Å². The minimum Gasteiger partial charge on any atom is -0.362 e. The number of aromatic nitrogens is 2. The first kappa shape index (κ1) is 17.8. The van der Waals surface area contributed by atoms with Crippen LogP contribution in [0.1, 0.15) is 32.6 Å². The Hall–Kier alpha value is -0.960. The van der Waals surface area contributed by atoms with Crippen LogP contribution in [0.3, 0.4) is 0 Å². The Morgan fingerprint density at radius 3 is 2.46 bits per heavy atom. The molecule has 2 fully saturated rings. The van der Waals surface area contributed by atoms with Gasteiger partial charge in [-0.15, -0.1) is 0 Å². The molecule has 2 aliphatic rings. The van der Waals surface area contributed by atoms with Gasteiger partial charge in [0, 0.05) is 39.3 Å². The highest BCUT2D eigenvalue weighted by Gasteiger charge is 2.33. The minimum atomic E-state index is -3.51. The Kier molecular flexibility index (Phi) is 5.59. The van der Waals surface area contributed by atoms with Crippen LogP contribution in [0.4, 0.5) is 0 Å². The summed E-state index contributed by atoms with van der Waals surface area (Å²) in [6, 6.07) is 2.17. The maximum absolute atomic E-state index is 12.9. The van der Waals surface area contributed by atoms with Crippen molar-refractivity contribution in [3.05, 3.63) is 12.3 Å². The third-order valence-electron chi connectivity index (χ3n) is 5.31. The zero-order valence-corrected chi connectivity index (χ0v) is 15.4. The topological polar surface area (TPSA) is 67.7 Å². The van der Waals surface area contributed by atoms with E-state index in [1.54, 1.807) is 10.4 Å². The standard InChI is InChI=1S/C16H28N4O3S/c1-14-3-5-15(6-4-14)18-9-11-19(12-10-18)24(21,22)16-7-8-17-20(16)13-23-2/h7-8,14-15H,3-6,9-13H2,1-2H3. The molecule has 136 valence electrons. The second-order valence-electron chi connectivity index (χ2n) is 6.94. The largest absolute Gasteiger partial charge is 0.362 e. The van der Waals surface area contributed by atoms with Gasteiger partial charge in [-0.05, 0) is 37.7 Å². The molecular formula is C16H28N4O3S. The normalized spacial score (nSPS) is 27.4. The number of sulfonamides is 1. The minimum absolute atomic E-state index is 0.141. The molecule has 0 radical (unpaired) electrons. The molecule has 0 unspecified atom stereocenters. The van der Waals surface area contributed by atoms with Crippen molar-refractivity contribution in [1.29, 1.82) is 0 Å². The first-order valence-electron chi connectivity index (χ1n) is 8.77. The van der Waals surface area contributed by atoms with Crippen LogP contribution in [0, 0.1) is 5.92 Å². The summed E-state index contributed by atoms with van der Waals surface area (Å²) >= 11 is 0. The summed E-state index contributed by atoms with van der Waals surface area (Å²) in [6.07, 6.45) is 6.58. The maximum Gasteiger partial charge on any atom is 0.260 e. The zero-order valence-electron chi connectivity index (χ0n) is 14.6. The van der Waals surface area contributed by atoms with Crippen molar-refractivity contribution in [3.63, 3.8) is 0 Å². The summed E-state index contributed by atoms with van der Waals surface area (Å²) in [7, 11) is -1.98. The summed E-state index contributed by atoms with van der Waals surface area (Å²) in [5.74, 6) is 0.837. The molecule has 1 saturated heterocycles. The van der Waals surface area contributed by atoms with Crippen molar-refractivity contribution in [1.82, 2.24) is 19.0 Å². The number of hydrogen-bond acceptors (Lipinski definition) is 5. The van der Waals surface area contributed by atoms with E-state index in [0.717, 1.165) is 19.0 Å². The van der Waals surface area contributed by atoms with Crippen LogP contribution in [0.15, 0.2) is 17.3 Å². The molecule has 7 nitrogen and oxygen atoms in total. The summed E-state index contributed by atoms with van der Waals surface area (Å²) in [5, 5.41) is 4.25. The summed E-state index contributed by atoms with van der Waals surface area (Å²) in [4.78, 5) is 2.48.